The molecule has 2 amide bonds. The number of hydrogen-bond donors (Lipinski definition) is 0. The number of ether oxygens (including phenoxy) is 3. The van der Waals surface area contributed by atoms with Gasteiger partial charge in [0.15, 0.2) is 0 Å². The molecule has 0 saturated carbocycles. The van der Waals surface area contributed by atoms with E-state index < -0.39 is 0 Å². The molecule has 3 rings (SSSR count). The minimum Gasteiger partial charge on any atom is -0.497 e. The molecular formula is C22H23NO5S. The molecule has 6 nitrogen and oxygen atoms in total. The number of thioether (sulfide) groups is 1. The summed E-state index contributed by atoms with van der Waals surface area (Å²) < 4.78 is 15.8. The zero-order valence-corrected chi connectivity index (χ0v) is 17.8. The van der Waals surface area contributed by atoms with Gasteiger partial charge in [0.1, 0.15) is 17.2 Å². The molecular weight excluding hydrogens is 390 g/mol. The fourth-order valence-electron chi connectivity index (χ4n) is 3.02. The Hall–Kier alpha value is -2.93. The van der Waals surface area contributed by atoms with E-state index in [0.29, 0.717) is 39.0 Å². The predicted molar refractivity (Wildman–Crippen MR) is 115 cm³/mol. The molecule has 0 bridgehead atoms. The minimum atomic E-state index is -0.376. The van der Waals surface area contributed by atoms with Crippen LogP contribution in [0.25, 0.3) is 5.57 Å². The van der Waals surface area contributed by atoms with Gasteiger partial charge in [-0.2, -0.15) is 0 Å². The van der Waals surface area contributed by atoms with E-state index in [9.17, 15) is 9.59 Å². The first-order valence-corrected chi connectivity index (χ1v) is 9.94. The van der Waals surface area contributed by atoms with Gasteiger partial charge in [-0.15, -0.1) is 11.8 Å². The van der Waals surface area contributed by atoms with Crippen LogP contribution in [-0.2, 0) is 9.59 Å². The third-order valence-corrected chi connectivity index (χ3v) is 5.45. The van der Waals surface area contributed by atoms with Crippen molar-refractivity contribution in [2.75, 3.05) is 26.2 Å². The molecule has 2 aromatic carbocycles. The molecule has 1 heterocycles. The lowest BCUT2D eigenvalue weighted by atomic mass is 10.1. The molecule has 1 aliphatic heterocycles. The first kappa shape index (κ1) is 20.8. The maximum atomic E-state index is 13.4. The number of hydrogen-bond acceptors (Lipinski definition) is 6. The van der Waals surface area contributed by atoms with Crippen molar-refractivity contribution in [3.63, 3.8) is 0 Å². The van der Waals surface area contributed by atoms with Crippen molar-refractivity contribution >= 4 is 34.8 Å². The van der Waals surface area contributed by atoms with Gasteiger partial charge < -0.3 is 14.2 Å². The standard InChI is InChI=1S/C22H23NO5S/c1-13(2)29-20-19(14-6-8-16(26-3)9-7-14)21(24)23(22(20)25)15-10-17(27-4)12-18(11-15)28-5/h6-13H,1-5H3. The van der Waals surface area contributed by atoms with Crippen LogP contribution >= 0.6 is 11.8 Å². The summed E-state index contributed by atoms with van der Waals surface area (Å²) in [5, 5.41) is 0.134. The van der Waals surface area contributed by atoms with Crippen LogP contribution in [0.2, 0.25) is 0 Å². The molecule has 0 spiro atoms. The third-order valence-electron chi connectivity index (χ3n) is 4.37. The Balaban J connectivity index is 2.10. The molecule has 0 unspecified atom stereocenters. The second-order valence-electron chi connectivity index (χ2n) is 6.62. The average Bonchev–Trinajstić information content (AvgIpc) is 2.96. The lowest BCUT2D eigenvalue weighted by molar-refractivity contribution is -0.119. The largest absolute Gasteiger partial charge is 0.497 e. The van der Waals surface area contributed by atoms with Crippen molar-refractivity contribution in [3.8, 4) is 17.2 Å². The van der Waals surface area contributed by atoms with Crippen molar-refractivity contribution in [2.45, 2.75) is 19.1 Å². The number of nitrogens with zero attached hydrogens (tertiary/aromatic N) is 1. The summed E-state index contributed by atoms with van der Waals surface area (Å²) in [6.07, 6.45) is 0. The van der Waals surface area contributed by atoms with Gasteiger partial charge in [-0.05, 0) is 17.7 Å². The number of rotatable bonds is 7. The SMILES string of the molecule is COc1ccc(C2=C(SC(C)C)C(=O)N(c3cc(OC)cc(OC)c3)C2=O)cc1. The van der Waals surface area contributed by atoms with E-state index in [2.05, 4.69) is 0 Å². The lowest BCUT2D eigenvalue weighted by Crippen LogP contribution is -2.31. The van der Waals surface area contributed by atoms with E-state index in [1.165, 1.54) is 30.9 Å². The maximum Gasteiger partial charge on any atom is 0.272 e. The topological polar surface area (TPSA) is 65.1 Å². The molecule has 0 atom stereocenters. The molecule has 0 aliphatic carbocycles. The summed E-state index contributed by atoms with van der Waals surface area (Å²) in [4.78, 5) is 28.3. The van der Waals surface area contributed by atoms with Gasteiger partial charge in [0, 0.05) is 23.4 Å². The summed E-state index contributed by atoms with van der Waals surface area (Å²) in [6, 6.07) is 12.1. The van der Waals surface area contributed by atoms with Crippen LogP contribution in [0.5, 0.6) is 17.2 Å². The monoisotopic (exact) mass is 413 g/mol. The highest BCUT2D eigenvalue weighted by Crippen LogP contribution is 2.41. The summed E-state index contributed by atoms with van der Waals surface area (Å²) in [7, 11) is 4.62. The van der Waals surface area contributed by atoms with Gasteiger partial charge in [0.05, 0.1) is 37.5 Å². The van der Waals surface area contributed by atoms with E-state index >= 15 is 0 Å². The van der Waals surface area contributed by atoms with Gasteiger partial charge in [0.25, 0.3) is 11.8 Å². The molecule has 0 N–H and O–H groups in total. The van der Waals surface area contributed by atoms with Crippen LogP contribution in [0, 0.1) is 0 Å². The van der Waals surface area contributed by atoms with Crippen molar-refractivity contribution in [2.24, 2.45) is 0 Å². The van der Waals surface area contributed by atoms with Gasteiger partial charge in [0.2, 0.25) is 0 Å². The van der Waals surface area contributed by atoms with Crippen LogP contribution in [0.4, 0.5) is 5.69 Å². The highest BCUT2D eigenvalue weighted by molar-refractivity contribution is 8.04. The molecule has 29 heavy (non-hydrogen) atoms. The van der Waals surface area contributed by atoms with E-state index in [-0.39, 0.29) is 17.1 Å². The molecule has 0 fully saturated rings. The Morgan fingerprint density at radius 3 is 1.83 bits per heavy atom. The van der Waals surface area contributed by atoms with Crippen LogP contribution in [0.1, 0.15) is 19.4 Å². The number of carbonyl (C=O) groups is 2. The first-order valence-electron chi connectivity index (χ1n) is 9.06. The summed E-state index contributed by atoms with van der Waals surface area (Å²) in [6.45, 7) is 3.97. The van der Waals surface area contributed by atoms with E-state index in [4.69, 9.17) is 14.2 Å². The molecule has 7 heteroatoms. The molecule has 152 valence electrons. The summed E-state index contributed by atoms with van der Waals surface area (Å²) in [5.41, 5.74) is 1.46. The van der Waals surface area contributed by atoms with Crippen molar-refractivity contribution < 1.29 is 23.8 Å². The Labute approximate surface area is 174 Å². The molecule has 1 aliphatic rings. The number of benzene rings is 2. The molecule has 2 aromatic rings. The summed E-state index contributed by atoms with van der Waals surface area (Å²) in [5.74, 6) is 0.943. The quantitative estimate of drug-likeness (QED) is 0.636. The Kier molecular flexibility index (Phi) is 6.17. The van der Waals surface area contributed by atoms with Crippen LogP contribution in [0.15, 0.2) is 47.4 Å². The smallest absolute Gasteiger partial charge is 0.272 e. The van der Waals surface area contributed by atoms with Gasteiger partial charge in [-0.25, -0.2) is 4.90 Å². The van der Waals surface area contributed by atoms with E-state index in [1.807, 2.05) is 13.8 Å². The highest BCUT2D eigenvalue weighted by Gasteiger charge is 2.40. The van der Waals surface area contributed by atoms with E-state index in [1.54, 1.807) is 49.6 Å². The van der Waals surface area contributed by atoms with Gasteiger partial charge in [-0.3, -0.25) is 9.59 Å². The van der Waals surface area contributed by atoms with Crippen molar-refractivity contribution in [3.05, 3.63) is 52.9 Å². The number of amides is 2. The number of carbonyl (C=O) groups excluding carboxylic acids is 2. The number of anilines is 1. The normalized spacial score (nSPS) is 14.1. The summed E-state index contributed by atoms with van der Waals surface area (Å²) >= 11 is 1.38. The Bertz CT molecular complexity index is 943. The van der Waals surface area contributed by atoms with Crippen LogP contribution in [0.3, 0.4) is 0 Å². The fourth-order valence-corrected chi connectivity index (χ4v) is 4.01. The second kappa shape index (κ2) is 8.61. The molecule has 0 radical (unpaired) electrons. The zero-order chi connectivity index (χ0) is 21.1. The van der Waals surface area contributed by atoms with Crippen molar-refractivity contribution in [1.29, 1.82) is 0 Å². The fraction of sp³-hybridized carbons (Fsp3) is 0.273. The van der Waals surface area contributed by atoms with Gasteiger partial charge in [-0.1, -0.05) is 26.0 Å². The predicted octanol–water partition coefficient (Wildman–Crippen LogP) is 4.14. The van der Waals surface area contributed by atoms with Crippen LogP contribution < -0.4 is 19.1 Å². The number of imide groups is 1. The molecule has 0 saturated heterocycles. The highest BCUT2D eigenvalue weighted by atomic mass is 32.2. The van der Waals surface area contributed by atoms with Crippen LogP contribution in [-0.4, -0.2) is 38.4 Å². The Morgan fingerprint density at radius 1 is 0.793 bits per heavy atom. The minimum absolute atomic E-state index is 0.134. The third kappa shape index (κ3) is 4.10. The van der Waals surface area contributed by atoms with E-state index in [0.717, 1.165) is 0 Å². The first-order chi connectivity index (χ1) is 13.9. The maximum absolute atomic E-state index is 13.4. The Morgan fingerprint density at radius 2 is 1.34 bits per heavy atom. The lowest BCUT2D eigenvalue weighted by Gasteiger charge is -2.17. The van der Waals surface area contributed by atoms with Crippen molar-refractivity contribution in [1.82, 2.24) is 0 Å². The average molecular weight is 413 g/mol. The van der Waals surface area contributed by atoms with Gasteiger partial charge >= 0.3 is 0 Å². The number of methoxy groups -OCH3 is 3. The molecule has 0 aromatic heterocycles. The second-order valence-corrected chi connectivity index (χ2v) is 8.20. The zero-order valence-electron chi connectivity index (χ0n) is 17.0.